The highest BCUT2D eigenvalue weighted by Crippen LogP contribution is 2.14. The van der Waals surface area contributed by atoms with Crippen molar-refractivity contribution in [3.05, 3.63) is 47.8 Å². The van der Waals surface area contributed by atoms with E-state index in [-0.39, 0.29) is 24.1 Å². The van der Waals surface area contributed by atoms with Gasteiger partial charge in [-0.15, -0.1) is 0 Å². The molecule has 0 spiro atoms. The minimum Gasteiger partial charge on any atom is -0.346 e. The summed E-state index contributed by atoms with van der Waals surface area (Å²) in [5, 5.41) is 17.7. The lowest BCUT2D eigenvalue weighted by molar-refractivity contribution is -0.116. The number of aryl methyl sites for hydroxylation is 3. The van der Waals surface area contributed by atoms with E-state index in [2.05, 4.69) is 25.9 Å². The van der Waals surface area contributed by atoms with Crippen LogP contribution in [0.2, 0.25) is 0 Å². The second-order valence-electron chi connectivity index (χ2n) is 6.00. The van der Waals surface area contributed by atoms with Crippen LogP contribution in [0.25, 0.3) is 0 Å². The number of amides is 2. The Morgan fingerprint density at radius 1 is 1.08 bits per heavy atom. The van der Waals surface area contributed by atoms with E-state index in [0.717, 1.165) is 11.1 Å². The van der Waals surface area contributed by atoms with Crippen molar-refractivity contribution in [1.82, 2.24) is 34.7 Å². The smallest absolute Gasteiger partial charge is 0.271 e. The van der Waals surface area contributed by atoms with Crippen LogP contribution in [0.1, 0.15) is 21.6 Å². The quantitative estimate of drug-likeness (QED) is 0.656. The summed E-state index contributed by atoms with van der Waals surface area (Å²) < 4.78 is 4.61. The number of hydrogen-bond donors (Lipinski definition) is 2. The zero-order valence-corrected chi connectivity index (χ0v) is 14.8. The summed E-state index contributed by atoms with van der Waals surface area (Å²) in [6, 6.07) is 0. The van der Waals surface area contributed by atoms with Gasteiger partial charge in [0.25, 0.3) is 5.91 Å². The molecule has 3 aromatic rings. The lowest BCUT2D eigenvalue weighted by Gasteiger charge is -2.08. The van der Waals surface area contributed by atoms with Gasteiger partial charge in [0.15, 0.2) is 0 Å². The largest absolute Gasteiger partial charge is 0.346 e. The van der Waals surface area contributed by atoms with Gasteiger partial charge in [-0.25, -0.2) is 0 Å². The van der Waals surface area contributed by atoms with Crippen molar-refractivity contribution in [2.45, 2.75) is 20.0 Å². The Labute approximate surface area is 149 Å². The van der Waals surface area contributed by atoms with Crippen molar-refractivity contribution in [2.24, 2.45) is 14.1 Å². The Morgan fingerprint density at radius 3 is 2.54 bits per heavy atom. The fourth-order valence-corrected chi connectivity index (χ4v) is 2.52. The van der Waals surface area contributed by atoms with Gasteiger partial charge in [0.2, 0.25) is 5.91 Å². The molecule has 26 heavy (non-hydrogen) atoms. The van der Waals surface area contributed by atoms with Gasteiger partial charge in [-0.2, -0.15) is 15.3 Å². The monoisotopic (exact) mass is 356 g/mol. The molecule has 3 aromatic heterocycles. The molecular weight excluding hydrogens is 336 g/mol. The molecule has 0 saturated carbocycles. The number of hydrogen-bond acceptors (Lipinski definition) is 5. The Morgan fingerprint density at radius 2 is 1.88 bits per heavy atom. The molecule has 0 radical (unpaired) electrons. The van der Waals surface area contributed by atoms with Gasteiger partial charge in [0.1, 0.15) is 12.2 Å². The molecule has 0 aliphatic rings. The molecule has 0 aliphatic heterocycles. The average Bonchev–Trinajstić information content (AvgIpc) is 3.27. The molecule has 10 nitrogen and oxygen atoms in total. The summed E-state index contributed by atoms with van der Waals surface area (Å²) in [5.41, 5.74) is 2.47. The molecular formula is C16H20N8O2. The van der Waals surface area contributed by atoms with E-state index in [9.17, 15) is 9.59 Å². The summed E-state index contributed by atoms with van der Waals surface area (Å²) in [7, 11) is 3.45. The summed E-state index contributed by atoms with van der Waals surface area (Å²) in [5.74, 6) is -0.624. The van der Waals surface area contributed by atoms with E-state index in [0.29, 0.717) is 12.2 Å². The lowest BCUT2D eigenvalue weighted by Crippen LogP contribution is -2.27. The number of carbonyl (C=O) groups excluding carboxylic acids is 2. The first kappa shape index (κ1) is 17.4. The standard InChI is InChI=1S/C16H20N8O2/c1-11-4-20-24(8-11)10-14(25)21-13-7-19-23(3)15(13)16(26)17-5-12-6-18-22(2)9-12/h4,6-9H,5,10H2,1-3H3,(H,17,26)(H,21,25). The molecule has 3 rings (SSSR count). The first-order valence-electron chi connectivity index (χ1n) is 7.99. The number of aromatic nitrogens is 6. The maximum absolute atomic E-state index is 12.5. The molecule has 0 saturated heterocycles. The number of carbonyl (C=O) groups is 2. The fraction of sp³-hybridized carbons (Fsp3) is 0.312. The fourth-order valence-electron chi connectivity index (χ4n) is 2.52. The second kappa shape index (κ2) is 7.21. The maximum atomic E-state index is 12.5. The maximum Gasteiger partial charge on any atom is 0.271 e. The molecule has 10 heteroatoms. The zero-order valence-electron chi connectivity index (χ0n) is 14.8. The summed E-state index contributed by atoms with van der Waals surface area (Å²) in [4.78, 5) is 24.7. The van der Waals surface area contributed by atoms with Crippen LogP contribution in [0.4, 0.5) is 5.69 Å². The Hall–Kier alpha value is -3.43. The molecule has 2 N–H and O–H groups in total. The molecule has 2 amide bonds. The summed E-state index contributed by atoms with van der Waals surface area (Å²) in [6.45, 7) is 2.28. The second-order valence-corrected chi connectivity index (χ2v) is 6.00. The number of rotatable bonds is 6. The van der Waals surface area contributed by atoms with E-state index in [1.165, 1.54) is 15.6 Å². The lowest BCUT2D eigenvalue weighted by atomic mass is 10.3. The highest BCUT2D eigenvalue weighted by Gasteiger charge is 2.19. The Bertz CT molecular complexity index is 936. The van der Waals surface area contributed by atoms with E-state index in [1.54, 1.807) is 37.4 Å². The first-order chi connectivity index (χ1) is 12.4. The third kappa shape index (κ3) is 3.97. The van der Waals surface area contributed by atoms with Crippen molar-refractivity contribution >= 4 is 17.5 Å². The van der Waals surface area contributed by atoms with Crippen molar-refractivity contribution < 1.29 is 9.59 Å². The minimum absolute atomic E-state index is 0.0550. The first-order valence-corrected chi connectivity index (χ1v) is 7.99. The van der Waals surface area contributed by atoms with Gasteiger partial charge in [0.05, 0.1) is 24.3 Å². The normalized spacial score (nSPS) is 10.7. The number of nitrogens with one attached hydrogen (secondary N) is 2. The zero-order chi connectivity index (χ0) is 18.7. The van der Waals surface area contributed by atoms with E-state index in [1.807, 2.05) is 13.1 Å². The Balaban J connectivity index is 1.65. The van der Waals surface area contributed by atoms with Crippen LogP contribution in [0.3, 0.4) is 0 Å². The molecule has 0 aliphatic carbocycles. The SMILES string of the molecule is Cc1cnn(CC(=O)Nc2cnn(C)c2C(=O)NCc2cnn(C)c2)c1. The van der Waals surface area contributed by atoms with Gasteiger partial charge in [-0.05, 0) is 12.5 Å². The van der Waals surface area contributed by atoms with Crippen LogP contribution >= 0.6 is 0 Å². The Kier molecular flexibility index (Phi) is 4.83. The van der Waals surface area contributed by atoms with Crippen LogP contribution in [0, 0.1) is 6.92 Å². The number of anilines is 1. The van der Waals surface area contributed by atoms with Gasteiger partial charge >= 0.3 is 0 Å². The van der Waals surface area contributed by atoms with Crippen LogP contribution in [-0.2, 0) is 32.0 Å². The van der Waals surface area contributed by atoms with Gasteiger partial charge in [0, 0.05) is 38.6 Å². The van der Waals surface area contributed by atoms with E-state index in [4.69, 9.17) is 0 Å². The molecule has 0 atom stereocenters. The van der Waals surface area contributed by atoms with Crippen molar-refractivity contribution in [2.75, 3.05) is 5.32 Å². The third-order valence-electron chi connectivity index (χ3n) is 3.71. The van der Waals surface area contributed by atoms with Crippen LogP contribution in [-0.4, -0.2) is 41.2 Å². The summed E-state index contributed by atoms with van der Waals surface area (Å²) >= 11 is 0. The average molecular weight is 356 g/mol. The van der Waals surface area contributed by atoms with Crippen molar-refractivity contribution in [3.8, 4) is 0 Å². The molecule has 3 heterocycles. The molecule has 0 unspecified atom stereocenters. The predicted molar refractivity (Wildman–Crippen MR) is 93.2 cm³/mol. The number of nitrogens with zero attached hydrogens (tertiary/aromatic N) is 6. The molecule has 136 valence electrons. The topological polar surface area (TPSA) is 112 Å². The minimum atomic E-state index is -0.334. The molecule has 0 fully saturated rings. The van der Waals surface area contributed by atoms with Crippen molar-refractivity contribution in [3.63, 3.8) is 0 Å². The van der Waals surface area contributed by atoms with Crippen LogP contribution in [0.5, 0.6) is 0 Å². The van der Waals surface area contributed by atoms with Crippen LogP contribution in [0.15, 0.2) is 31.0 Å². The van der Waals surface area contributed by atoms with Crippen LogP contribution < -0.4 is 10.6 Å². The highest BCUT2D eigenvalue weighted by atomic mass is 16.2. The van der Waals surface area contributed by atoms with E-state index < -0.39 is 0 Å². The van der Waals surface area contributed by atoms with Crippen molar-refractivity contribution in [1.29, 1.82) is 0 Å². The van der Waals surface area contributed by atoms with Gasteiger partial charge in [-0.1, -0.05) is 0 Å². The molecule has 0 aromatic carbocycles. The highest BCUT2D eigenvalue weighted by molar-refractivity contribution is 6.02. The predicted octanol–water partition coefficient (Wildman–Crippen LogP) is 0.227. The van der Waals surface area contributed by atoms with E-state index >= 15 is 0 Å². The summed E-state index contributed by atoms with van der Waals surface area (Å²) in [6.07, 6.45) is 8.39. The van der Waals surface area contributed by atoms with Gasteiger partial charge in [-0.3, -0.25) is 23.6 Å². The van der Waals surface area contributed by atoms with Gasteiger partial charge < -0.3 is 10.6 Å². The molecule has 0 bridgehead atoms. The third-order valence-corrected chi connectivity index (χ3v) is 3.71.